The van der Waals surface area contributed by atoms with E-state index in [9.17, 15) is 0 Å². The third-order valence-corrected chi connectivity index (χ3v) is 5.28. The lowest BCUT2D eigenvalue weighted by atomic mass is 10.2. The number of hydrogen-bond donors (Lipinski definition) is 0. The van der Waals surface area contributed by atoms with Crippen molar-refractivity contribution < 1.29 is 0 Å². The third-order valence-electron chi connectivity index (χ3n) is 3.01. The van der Waals surface area contributed by atoms with Crippen molar-refractivity contribution in [3.05, 3.63) is 71.8 Å². The molecule has 0 aromatic heterocycles. The molecule has 0 aliphatic carbocycles. The van der Waals surface area contributed by atoms with E-state index in [0.29, 0.717) is 10.9 Å². The predicted molar refractivity (Wildman–Crippen MR) is 76.1 cm³/mol. The summed E-state index contributed by atoms with van der Waals surface area (Å²) in [6.45, 7) is 0. The normalized spacial score (nSPS) is 17.8. The minimum Gasteiger partial charge on any atom is -0.0622 e. The average molecular weight is 239 g/mol. The fourth-order valence-corrected chi connectivity index (χ4v) is 4.29. The van der Waals surface area contributed by atoms with E-state index in [2.05, 4.69) is 66.7 Å². The van der Waals surface area contributed by atoms with E-state index in [1.165, 1.54) is 27.5 Å². The first-order chi connectivity index (χ1) is 8.43. The molecule has 0 nitrogen and oxygen atoms in total. The van der Waals surface area contributed by atoms with Crippen LogP contribution in [0.4, 0.5) is 0 Å². The number of hydrogen-bond acceptors (Lipinski definition) is 0. The van der Waals surface area contributed by atoms with E-state index in [-0.39, 0.29) is 0 Å². The van der Waals surface area contributed by atoms with E-state index >= 15 is 0 Å². The molecule has 0 saturated heterocycles. The molecule has 1 aliphatic rings. The summed E-state index contributed by atoms with van der Waals surface area (Å²) in [5.41, 5.74) is 2.85. The first kappa shape index (κ1) is 10.7. The zero-order chi connectivity index (χ0) is 11.5. The molecule has 0 radical (unpaired) electrons. The average Bonchev–Trinajstić information content (AvgIpc) is 2.40. The monoisotopic (exact) mass is 239 g/mol. The second-order valence-corrected chi connectivity index (χ2v) is 6.28. The Morgan fingerprint density at radius 2 is 1.65 bits per heavy atom. The van der Waals surface area contributed by atoms with Gasteiger partial charge in [-0.25, -0.2) is 0 Å². The molecule has 84 valence electrons. The summed E-state index contributed by atoms with van der Waals surface area (Å²) in [5, 5.41) is 0. The predicted octanol–water partition coefficient (Wildman–Crippen LogP) is 3.89. The van der Waals surface area contributed by atoms with Crippen LogP contribution in [-0.4, -0.2) is 5.75 Å². The largest absolute Gasteiger partial charge is 0.162 e. The van der Waals surface area contributed by atoms with Gasteiger partial charge in [0.05, 0.1) is 0 Å². The molecule has 0 spiro atoms. The Morgan fingerprint density at radius 1 is 0.882 bits per heavy atom. The summed E-state index contributed by atoms with van der Waals surface area (Å²) in [7, 11) is 0.343. The van der Waals surface area contributed by atoms with E-state index < -0.39 is 0 Å². The summed E-state index contributed by atoms with van der Waals surface area (Å²) in [5.74, 6) is 2.36. The van der Waals surface area contributed by atoms with Crippen LogP contribution in [0.25, 0.3) is 6.08 Å². The van der Waals surface area contributed by atoms with Crippen LogP contribution < -0.4 is 0 Å². The molecular formula is C16H15S+. The van der Waals surface area contributed by atoms with Crippen LogP contribution >= 0.6 is 0 Å². The van der Waals surface area contributed by atoms with Crippen LogP contribution in [0.3, 0.4) is 0 Å². The lowest BCUT2D eigenvalue weighted by Crippen LogP contribution is -2.13. The third kappa shape index (κ3) is 2.29. The van der Waals surface area contributed by atoms with Crippen molar-refractivity contribution in [2.24, 2.45) is 0 Å². The molecule has 2 aromatic rings. The van der Waals surface area contributed by atoms with Gasteiger partial charge in [0.25, 0.3) is 0 Å². The van der Waals surface area contributed by atoms with Crippen molar-refractivity contribution in [2.45, 2.75) is 10.6 Å². The minimum absolute atomic E-state index is 0.343. The van der Waals surface area contributed by atoms with Crippen LogP contribution in [0.5, 0.6) is 0 Å². The number of benzene rings is 2. The fourth-order valence-electron chi connectivity index (χ4n) is 2.17. The number of fused-ring (bicyclic) bond motifs is 1. The maximum absolute atomic E-state index is 2.31. The molecular weight excluding hydrogens is 224 g/mol. The Bertz CT molecular complexity index is 528. The first-order valence-corrected chi connectivity index (χ1v) is 7.47. The van der Waals surface area contributed by atoms with Gasteiger partial charge in [0.2, 0.25) is 0 Å². The van der Waals surface area contributed by atoms with Gasteiger partial charge in [-0.05, 0) is 24.3 Å². The van der Waals surface area contributed by atoms with Crippen LogP contribution in [0.15, 0.2) is 65.6 Å². The summed E-state index contributed by atoms with van der Waals surface area (Å²) < 4.78 is 0. The summed E-state index contributed by atoms with van der Waals surface area (Å²) in [4.78, 5) is 1.53. The molecule has 2 aromatic carbocycles. The van der Waals surface area contributed by atoms with Gasteiger partial charge in [0.1, 0.15) is 11.5 Å². The highest BCUT2D eigenvalue weighted by Crippen LogP contribution is 2.27. The molecule has 1 heteroatoms. The van der Waals surface area contributed by atoms with Gasteiger partial charge in [0.15, 0.2) is 4.90 Å². The topological polar surface area (TPSA) is 0 Å². The fraction of sp³-hybridized carbons (Fsp3) is 0.125. The Kier molecular flexibility index (Phi) is 3.02. The van der Waals surface area contributed by atoms with Gasteiger partial charge in [-0.3, -0.25) is 0 Å². The molecule has 3 rings (SSSR count). The van der Waals surface area contributed by atoms with Crippen LogP contribution in [0.2, 0.25) is 0 Å². The van der Waals surface area contributed by atoms with Gasteiger partial charge in [0, 0.05) is 22.0 Å². The molecule has 17 heavy (non-hydrogen) atoms. The van der Waals surface area contributed by atoms with Crippen molar-refractivity contribution in [2.75, 3.05) is 5.75 Å². The highest BCUT2D eigenvalue weighted by atomic mass is 32.2. The maximum Gasteiger partial charge on any atom is 0.162 e. The quantitative estimate of drug-likeness (QED) is 0.697. The standard InChI is InChI=1S/C16H15S/c1-2-7-14(8-3-1)13-17-12-6-10-15-9-4-5-11-16(15)17/h1-11H,12-13H2/q+1. The van der Waals surface area contributed by atoms with Crippen molar-refractivity contribution in [3.8, 4) is 0 Å². The summed E-state index contributed by atoms with van der Waals surface area (Å²) in [6, 6.07) is 19.6. The van der Waals surface area contributed by atoms with Crippen LogP contribution in [0.1, 0.15) is 11.1 Å². The van der Waals surface area contributed by atoms with Gasteiger partial charge < -0.3 is 0 Å². The molecule has 1 aliphatic heterocycles. The minimum atomic E-state index is 0.343. The highest BCUT2D eigenvalue weighted by Gasteiger charge is 2.25. The molecule has 1 unspecified atom stereocenters. The Morgan fingerprint density at radius 3 is 2.53 bits per heavy atom. The van der Waals surface area contributed by atoms with Crippen LogP contribution in [-0.2, 0) is 16.6 Å². The van der Waals surface area contributed by atoms with E-state index in [1.807, 2.05) is 0 Å². The van der Waals surface area contributed by atoms with Gasteiger partial charge in [-0.15, -0.1) is 0 Å². The molecule has 1 heterocycles. The van der Waals surface area contributed by atoms with E-state index in [4.69, 9.17) is 0 Å². The van der Waals surface area contributed by atoms with Crippen molar-refractivity contribution in [3.63, 3.8) is 0 Å². The van der Waals surface area contributed by atoms with E-state index in [0.717, 1.165) is 0 Å². The highest BCUT2D eigenvalue weighted by molar-refractivity contribution is 7.96. The van der Waals surface area contributed by atoms with Crippen molar-refractivity contribution >= 4 is 17.0 Å². The van der Waals surface area contributed by atoms with Gasteiger partial charge in [-0.1, -0.05) is 42.5 Å². The Hall–Kier alpha value is -1.47. The Balaban J connectivity index is 1.88. The summed E-state index contributed by atoms with van der Waals surface area (Å²) >= 11 is 0. The molecule has 0 fully saturated rings. The van der Waals surface area contributed by atoms with Gasteiger partial charge in [-0.2, -0.15) is 0 Å². The smallest absolute Gasteiger partial charge is 0.0622 e. The molecule has 1 atom stereocenters. The lowest BCUT2D eigenvalue weighted by Gasteiger charge is -2.12. The first-order valence-electron chi connectivity index (χ1n) is 5.90. The molecule has 0 amide bonds. The molecule has 0 bridgehead atoms. The second kappa shape index (κ2) is 4.80. The molecule has 0 saturated carbocycles. The second-order valence-electron chi connectivity index (χ2n) is 4.23. The van der Waals surface area contributed by atoms with Crippen molar-refractivity contribution in [1.82, 2.24) is 0 Å². The lowest BCUT2D eigenvalue weighted by molar-refractivity contribution is 1.31. The zero-order valence-corrected chi connectivity index (χ0v) is 10.5. The summed E-state index contributed by atoms with van der Waals surface area (Å²) in [6.07, 6.45) is 4.57. The van der Waals surface area contributed by atoms with Crippen LogP contribution in [0, 0.1) is 0 Å². The van der Waals surface area contributed by atoms with E-state index in [1.54, 1.807) is 0 Å². The maximum atomic E-state index is 2.31. The SMILES string of the molecule is C1=Cc2ccccc2[S+](Cc2ccccc2)C1. The molecule has 0 N–H and O–H groups in total. The zero-order valence-electron chi connectivity index (χ0n) is 9.67. The number of rotatable bonds is 2. The Labute approximate surface area is 105 Å². The van der Waals surface area contributed by atoms with Crippen molar-refractivity contribution in [1.29, 1.82) is 0 Å². The van der Waals surface area contributed by atoms with Gasteiger partial charge >= 0.3 is 0 Å².